The van der Waals surface area contributed by atoms with Gasteiger partial charge in [0.15, 0.2) is 17.3 Å². The molecule has 2 aliphatic rings. The van der Waals surface area contributed by atoms with E-state index in [1.54, 1.807) is 11.0 Å². The van der Waals surface area contributed by atoms with Crippen molar-refractivity contribution in [3.8, 4) is 11.5 Å². The fourth-order valence-corrected chi connectivity index (χ4v) is 3.27. The second-order valence-corrected chi connectivity index (χ2v) is 6.21. The highest BCUT2D eigenvalue weighted by Crippen LogP contribution is 2.35. The fourth-order valence-electron chi connectivity index (χ4n) is 3.27. The van der Waals surface area contributed by atoms with Crippen molar-refractivity contribution in [2.45, 2.75) is 32.2 Å². The van der Waals surface area contributed by atoms with E-state index in [9.17, 15) is 4.79 Å². The molecular weight excluding hydrogens is 322 g/mol. The second kappa shape index (κ2) is 6.66. The van der Waals surface area contributed by atoms with Crippen molar-refractivity contribution < 1.29 is 18.8 Å². The molecule has 0 bridgehead atoms. The summed E-state index contributed by atoms with van der Waals surface area (Å²) in [5, 5.41) is 6.99. The lowest BCUT2D eigenvalue weighted by Gasteiger charge is -2.24. The Hall–Kier alpha value is -2.70. The SMILES string of the molecule is CCc1cc([C@@H]2CCCN2C(=O)Nc2ccc3c(c2)OCCO3)on1. The molecule has 1 saturated heterocycles. The summed E-state index contributed by atoms with van der Waals surface area (Å²) in [5.74, 6) is 2.12. The minimum Gasteiger partial charge on any atom is -0.486 e. The number of hydrogen-bond donors (Lipinski definition) is 1. The summed E-state index contributed by atoms with van der Waals surface area (Å²) in [7, 11) is 0. The third-order valence-corrected chi connectivity index (χ3v) is 4.57. The molecule has 1 aromatic carbocycles. The number of carbonyl (C=O) groups is 1. The predicted molar refractivity (Wildman–Crippen MR) is 91.0 cm³/mol. The van der Waals surface area contributed by atoms with E-state index in [4.69, 9.17) is 14.0 Å². The summed E-state index contributed by atoms with van der Waals surface area (Å²) in [6.07, 6.45) is 2.65. The van der Waals surface area contributed by atoms with Crippen molar-refractivity contribution >= 4 is 11.7 Å². The molecule has 7 nitrogen and oxygen atoms in total. The number of aryl methyl sites for hydroxylation is 1. The van der Waals surface area contributed by atoms with Crippen LogP contribution in [0.3, 0.4) is 0 Å². The molecule has 1 N–H and O–H groups in total. The average molecular weight is 343 g/mol. The van der Waals surface area contributed by atoms with Crippen LogP contribution in [0, 0.1) is 0 Å². The summed E-state index contributed by atoms with van der Waals surface area (Å²) in [5.41, 5.74) is 1.60. The summed E-state index contributed by atoms with van der Waals surface area (Å²) in [6.45, 7) is 3.79. The molecule has 2 aromatic rings. The van der Waals surface area contributed by atoms with Crippen LogP contribution in [0.2, 0.25) is 0 Å². The van der Waals surface area contributed by atoms with Gasteiger partial charge in [0.25, 0.3) is 0 Å². The van der Waals surface area contributed by atoms with E-state index in [1.165, 1.54) is 0 Å². The standard InChI is InChI=1S/C18H21N3O4/c1-2-12-10-16(25-20-12)14-4-3-7-21(14)18(22)19-13-5-6-15-17(11-13)24-9-8-23-15/h5-6,10-11,14H,2-4,7-9H2,1H3,(H,19,22)/t14-/m0/s1. The van der Waals surface area contributed by atoms with Crippen LogP contribution < -0.4 is 14.8 Å². The number of aromatic nitrogens is 1. The minimum absolute atomic E-state index is 0.0648. The van der Waals surface area contributed by atoms with Crippen LogP contribution in [0.4, 0.5) is 10.5 Å². The van der Waals surface area contributed by atoms with Crippen LogP contribution in [0.15, 0.2) is 28.8 Å². The number of rotatable bonds is 3. The Labute approximate surface area is 145 Å². The van der Waals surface area contributed by atoms with E-state index in [0.29, 0.717) is 36.9 Å². The van der Waals surface area contributed by atoms with Crippen molar-refractivity contribution in [3.63, 3.8) is 0 Å². The Morgan fingerprint density at radius 3 is 2.92 bits per heavy atom. The summed E-state index contributed by atoms with van der Waals surface area (Å²) in [6, 6.07) is 7.16. The molecule has 25 heavy (non-hydrogen) atoms. The van der Waals surface area contributed by atoms with Gasteiger partial charge in [-0.3, -0.25) is 0 Å². The van der Waals surface area contributed by atoms with Gasteiger partial charge in [-0.15, -0.1) is 0 Å². The van der Waals surface area contributed by atoms with Crippen LogP contribution in [0.1, 0.15) is 37.3 Å². The molecule has 2 aliphatic heterocycles. The van der Waals surface area contributed by atoms with Crippen molar-refractivity contribution in [2.24, 2.45) is 0 Å². The van der Waals surface area contributed by atoms with Crippen molar-refractivity contribution in [3.05, 3.63) is 35.7 Å². The van der Waals surface area contributed by atoms with E-state index in [1.807, 2.05) is 25.1 Å². The first-order valence-electron chi connectivity index (χ1n) is 8.67. The van der Waals surface area contributed by atoms with Crippen molar-refractivity contribution in [2.75, 3.05) is 25.1 Å². The molecule has 1 fully saturated rings. The van der Waals surface area contributed by atoms with E-state index in [-0.39, 0.29) is 12.1 Å². The van der Waals surface area contributed by atoms with Gasteiger partial charge in [-0.25, -0.2) is 4.79 Å². The van der Waals surface area contributed by atoms with Crippen molar-refractivity contribution in [1.82, 2.24) is 10.1 Å². The number of amides is 2. The number of ether oxygens (including phenoxy) is 2. The van der Waals surface area contributed by atoms with Gasteiger partial charge in [-0.1, -0.05) is 12.1 Å². The van der Waals surface area contributed by atoms with Crippen LogP contribution in [0.5, 0.6) is 11.5 Å². The van der Waals surface area contributed by atoms with E-state index >= 15 is 0 Å². The van der Waals surface area contributed by atoms with Crippen molar-refractivity contribution in [1.29, 1.82) is 0 Å². The molecule has 0 saturated carbocycles. The highest BCUT2D eigenvalue weighted by molar-refractivity contribution is 5.90. The smallest absolute Gasteiger partial charge is 0.322 e. The minimum atomic E-state index is -0.145. The summed E-state index contributed by atoms with van der Waals surface area (Å²) < 4.78 is 16.5. The average Bonchev–Trinajstić information content (AvgIpc) is 3.30. The Bertz CT molecular complexity index is 773. The zero-order valence-corrected chi connectivity index (χ0v) is 14.2. The van der Waals surface area contributed by atoms with Gasteiger partial charge < -0.3 is 24.2 Å². The number of benzene rings is 1. The predicted octanol–water partition coefficient (Wildman–Crippen LogP) is 3.38. The fraction of sp³-hybridized carbons (Fsp3) is 0.444. The number of nitrogens with zero attached hydrogens (tertiary/aromatic N) is 2. The molecule has 0 aliphatic carbocycles. The molecule has 0 spiro atoms. The molecule has 0 unspecified atom stereocenters. The summed E-state index contributed by atoms with van der Waals surface area (Å²) in [4.78, 5) is 14.5. The van der Waals surface area contributed by atoms with Gasteiger partial charge in [0.05, 0.1) is 11.7 Å². The largest absolute Gasteiger partial charge is 0.486 e. The molecular formula is C18H21N3O4. The van der Waals surface area contributed by atoms with Gasteiger partial charge in [0, 0.05) is 24.4 Å². The lowest BCUT2D eigenvalue weighted by Crippen LogP contribution is -2.34. The maximum Gasteiger partial charge on any atom is 0.322 e. The highest BCUT2D eigenvalue weighted by Gasteiger charge is 2.33. The number of likely N-dealkylation sites (tertiary alicyclic amines) is 1. The Kier molecular flexibility index (Phi) is 4.21. The lowest BCUT2D eigenvalue weighted by molar-refractivity contribution is 0.171. The molecule has 132 valence electrons. The van der Waals surface area contributed by atoms with Crippen LogP contribution in [-0.2, 0) is 6.42 Å². The Morgan fingerprint density at radius 1 is 1.28 bits per heavy atom. The van der Waals surface area contributed by atoms with E-state index in [2.05, 4.69) is 10.5 Å². The molecule has 3 heterocycles. The van der Waals surface area contributed by atoms with Gasteiger partial charge in [0.2, 0.25) is 0 Å². The quantitative estimate of drug-likeness (QED) is 0.924. The maximum absolute atomic E-state index is 12.7. The third kappa shape index (κ3) is 3.14. The van der Waals surface area contributed by atoms with Crippen LogP contribution in [0.25, 0.3) is 0 Å². The van der Waals surface area contributed by atoms with Gasteiger partial charge in [-0.05, 0) is 31.4 Å². The summed E-state index contributed by atoms with van der Waals surface area (Å²) >= 11 is 0. The highest BCUT2D eigenvalue weighted by atomic mass is 16.6. The number of nitrogens with one attached hydrogen (secondary N) is 1. The topological polar surface area (TPSA) is 76.8 Å². The number of carbonyl (C=O) groups excluding carboxylic acids is 1. The number of urea groups is 1. The Balaban J connectivity index is 1.48. The van der Waals surface area contributed by atoms with Gasteiger partial charge >= 0.3 is 6.03 Å². The first kappa shape index (κ1) is 15.8. The number of anilines is 1. The lowest BCUT2D eigenvalue weighted by atomic mass is 10.1. The zero-order valence-electron chi connectivity index (χ0n) is 14.2. The Morgan fingerprint density at radius 2 is 2.12 bits per heavy atom. The van der Waals surface area contributed by atoms with Crippen LogP contribution >= 0.6 is 0 Å². The van der Waals surface area contributed by atoms with Gasteiger partial charge in [0.1, 0.15) is 13.2 Å². The normalized spacial score (nSPS) is 19.1. The number of fused-ring (bicyclic) bond motifs is 1. The molecule has 7 heteroatoms. The van der Waals surface area contributed by atoms with Crippen LogP contribution in [-0.4, -0.2) is 35.8 Å². The molecule has 4 rings (SSSR count). The number of hydrogen-bond acceptors (Lipinski definition) is 5. The molecule has 1 atom stereocenters. The zero-order chi connectivity index (χ0) is 17.2. The molecule has 2 amide bonds. The van der Waals surface area contributed by atoms with E-state index < -0.39 is 0 Å². The molecule has 1 aromatic heterocycles. The first-order chi connectivity index (χ1) is 12.2. The maximum atomic E-state index is 12.7. The van der Waals surface area contributed by atoms with E-state index in [0.717, 1.165) is 30.7 Å². The first-order valence-corrected chi connectivity index (χ1v) is 8.67. The monoisotopic (exact) mass is 343 g/mol. The second-order valence-electron chi connectivity index (χ2n) is 6.21. The molecule has 0 radical (unpaired) electrons. The van der Waals surface area contributed by atoms with Gasteiger partial charge in [-0.2, -0.15) is 0 Å². The third-order valence-electron chi connectivity index (χ3n) is 4.57.